The lowest BCUT2D eigenvalue weighted by Gasteiger charge is -2.14. The first-order valence-corrected chi connectivity index (χ1v) is 7.77. The Balaban J connectivity index is 1.82. The van der Waals surface area contributed by atoms with E-state index in [1.807, 2.05) is 12.4 Å². The largest absolute Gasteiger partial charge is 0.333 e. The molecule has 3 aromatic rings. The maximum atomic E-state index is 4.62. The molecule has 0 bridgehead atoms. The van der Waals surface area contributed by atoms with Gasteiger partial charge in [0, 0.05) is 18.7 Å². The van der Waals surface area contributed by atoms with Gasteiger partial charge >= 0.3 is 0 Å². The SMILES string of the molecule is Cc1cccc(C(C)c2cn(Cc3ccccc3)cn2)c1C. The van der Waals surface area contributed by atoms with Crippen molar-refractivity contribution in [3.63, 3.8) is 0 Å². The summed E-state index contributed by atoms with van der Waals surface area (Å²) in [6.07, 6.45) is 4.10. The zero-order valence-corrected chi connectivity index (χ0v) is 13.5. The molecule has 1 heterocycles. The van der Waals surface area contributed by atoms with Gasteiger partial charge in [-0.15, -0.1) is 0 Å². The molecule has 0 spiro atoms. The maximum absolute atomic E-state index is 4.62. The summed E-state index contributed by atoms with van der Waals surface area (Å²) in [6.45, 7) is 7.46. The van der Waals surface area contributed by atoms with Gasteiger partial charge in [-0.3, -0.25) is 0 Å². The third kappa shape index (κ3) is 2.96. The van der Waals surface area contributed by atoms with Crippen LogP contribution in [-0.4, -0.2) is 9.55 Å². The fourth-order valence-electron chi connectivity index (χ4n) is 2.88. The molecular formula is C20H22N2. The van der Waals surface area contributed by atoms with E-state index in [0.29, 0.717) is 5.92 Å². The van der Waals surface area contributed by atoms with Crippen molar-refractivity contribution in [2.45, 2.75) is 33.2 Å². The number of hydrogen-bond acceptors (Lipinski definition) is 1. The quantitative estimate of drug-likeness (QED) is 0.681. The topological polar surface area (TPSA) is 17.8 Å². The molecule has 2 aromatic carbocycles. The summed E-state index contributed by atoms with van der Waals surface area (Å²) >= 11 is 0. The lowest BCUT2D eigenvalue weighted by Crippen LogP contribution is -2.01. The maximum Gasteiger partial charge on any atom is 0.0952 e. The minimum Gasteiger partial charge on any atom is -0.333 e. The van der Waals surface area contributed by atoms with Gasteiger partial charge in [0.15, 0.2) is 0 Å². The van der Waals surface area contributed by atoms with Gasteiger partial charge < -0.3 is 4.57 Å². The van der Waals surface area contributed by atoms with Crippen LogP contribution in [0.25, 0.3) is 0 Å². The molecule has 2 heteroatoms. The number of rotatable bonds is 4. The van der Waals surface area contributed by atoms with Crippen molar-refractivity contribution >= 4 is 0 Å². The van der Waals surface area contributed by atoms with Crippen LogP contribution in [0, 0.1) is 13.8 Å². The summed E-state index contributed by atoms with van der Waals surface area (Å²) in [6, 6.07) is 17.0. The predicted molar refractivity (Wildman–Crippen MR) is 91.2 cm³/mol. The molecule has 0 amide bonds. The zero-order chi connectivity index (χ0) is 15.5. The molecule has 0 fully saturated rings. The van der Waals surface area contributed by atoms with Crippen molar-refractivity contribution < 1.29 is 0 Å². The van der Waals surface area contributed by atoms with E-state index in [1.165, 1.54) is 22.3 Å². The molecule has 1 atom stereocenters. The Morgan fingerprint density at radius 1 is 1.00 bits per heavy atom. The average Bonchev–Trinajstić information content (AvgIpc) is 2.99. The molecule has 2 nitrogen and oxygen atoms in total. The molecule has 0 aliphatic carbocycles. The second-order valence-electron chi connectivity index (χ2n) is 5.97. The molecule has 0 aliphatic heterocycles. The number of hydrogen-bond donors (Lipinski definition) is 0. The van der Waals surface area contributed by atoms with Gasteiger partial charge in [-0.05, 0) is 36.1 Å². The molecule has 0 saturated heterocycles. The molecule has 0 N–H and O–H groups in total. The fraction of sp³-hybridized carbons (Fsp3) is 0.250. The molecule has 0 aliphatic rings. The molecule has 3 rings (SSSR count). The van der Waals surface area contributed by atoms with Gasteiger partial charge in [-0.1, -0.05) is 55.5 Å². The molecule has 112 valence electrons. The van der Waals surface area contributed by atoms with Gasteiger partial charge in [0.05, 0.1) is 12.0 Å². The van der Waals surface area contributed by atoms with Crippen molar-refractivity contribution in [2.75, 3.05) is 0 Å². The normalized spacial score (nSPS) is 12.3. The van der Waals surface area contributed by atoms with Crippen LogP contribution in [0.3, 0.4) is 0 Å². The number of aryl methyl sites for hydroxylation is 1. The van der Waals surface area contributed by atoms with Crippen LogP contribution in [0.2, 0.25) is 0 Å². The summed E-state index contributed by atoms with van der Waals surface area (Å²) in [5.74, 6) is 0.317. The van der Waals surface area contributed by atoms with Crippen LogP contribution < -0.4 is 0 Å². The van der Waals surface area contributed by atoms with Crippen molar-refractivity contribution in [3.05, 3.63) is 89.0 Å². The highest BCUT2D eigenvalue weighted by Crippen LogP contribution is 2.27. The molecule has 1 aromatic heterocycles. The highest BCUT2D eigenvalue weighted by molar-refractivity contribution is 5.38. The fourth-order valence-corrected chi connectivity index (χ4v) is 2.88. The van der Waals surface area contributed by atoms with Crippen molar-refractivity contribution in [1.82, 2.24) is 9.55 Å². The Kier molecular flexibility index (Phi) is 4.10. The summed E-state index contributed by atoms with van der Waals surface area (Å²) in [4.78, 5) is 4.62. The second-order valence-corrected chi connectivity index (χ2v) is 5.97. The van der Waals surface area contributed by atoms with E-state index in [0.717, 1.165) is 12.2 Å². The van der Waals surface area contributed by atoms with Crippen LogP contribution in [0.5, 0.6) is 0 Å². The first-order valence-electron chi connectivity index (χ1n) is 7.77. The van der Waals surface area contributed by atoms with Crippen molar-refractivity contribution in [2.24, 2.45) is 0 Å². The van der Waals surface area contributed by atoms with E-state index in [9.17, 15) is 0 Å². The molecule has 0 saturated carbocycles. The van der Waals surface area contributed by atoms with Gasteiger partial charge in [0.1, 0.15) is 0 Å². The van der Waals surface area contributed by atoms with E-state index in [4.69, 9.17) is 0 Å². The standard InChI is InChI=1S/C20H22N2/c1-15-8-7-11-19(16(15)2)17(3)20-13-22(14-21-20)12-18-9-5-4-6-10-18/h4-11,13-14,17H,12H2,1-3H3. The third-order valence-electron chi connectivity index (χ3n) is 4.42. The van der Waals surface area contributed by atoms with Gasteiger partial charge in [-0.2, -0.15) is 0 Å². The Labute approximate surface area is 132 Å². The van der Waals surface area contributed by atoms with E-state index < -0.39 is 0 Å². The van der Waals surface area contributed by atoms with Crippen molar-refractivity contribution in [3.8, 4) is 0 Å². The van der Waals surface area contributed by atoms with E-state index >= 15 is 0 Å². The summed E-state index contributed by atoms with van der Waals surface area (Å²) in [5.41, 5.74) is 6.50. The second kappa shape index (κ2) is 6.18. The van der Waals surface area contributed by atoms with Crippen LogP contribution in [0.15, 0.2) is 61.1 Å². The molecule has 22 heavy (non-hydrogen) atoms. The number of imidazole rings is 1. The predicted octanol–water partition coefficient (Wildman–Crippen LogP) is 4.70. The Hall–Kier alpha value is -2.35. The Morgan fingerprint density at radius 3 is 2.55 bits per heavy atom. The van der Waals surface area contributed by atoms with Gasteiger partial charge in [-0.25, -0.2) is 4.98 Å². The minimum atomic E-state index is 0.317. The van der Waals surface area contributed by atoms with Gasteiger partial charge in [0.2, 0.25) is 0 Å². The molecule has 1 unspecified atom stereocenters. The van der Waals surface area contributed by atoms with Crippen LogP contribution >= 0.6 is 0 Å². The summed E-state index contributed by atoms with van der Waals surface area (Å²) in [7, 11) is 0. The van der Waals surface area contributed by atoms with E-state index in [2.05, 4.69) is 79.0 Å². The lowest BCUT2D eigenvalue weighted by molar-refractivity contribution is 0.793. The zero-order valence-electron chi connectivity index (χ0n) is 13.5. The Morgan fingerprint density at radius 2 is 1.77 bits per heavy atom. The first-order chi connectivity index (χ1) is 10.6. The first kappa shape index (κ1) is 14.6. The minimum absolute atomic E-state index is 0.317. The summed E-state index contributed by atoms with van der Waals surface area (Å²) < 4.78 is 2.16. The van der Waals surface area contributed by atoms with Crippen LogP contribution in [0.1, 0.15) is 40.8 Å². The van der Waals surface area contributed by atoms with Crippen LogP contribution in [-0.2, 0) is 6.54 Å². The van der Waals surface area contributed by atoms with E-state index in [-0.39, 0.29) is 0 Å². The Bertz CT molecular complexity index is 756. The average molecular weight is 290 g/mol. The highest BCUT2D eigenvalue weighted by atomic mass is 15.0. The lowest BCUT2D eigenvalue weighted by atomic mass is 9.92. The number of nitrogens with zero attached hydrogens (tertiary/aromatic N) is 2. The molecule has 0 radical (unpaired) electrons. The third-order valence-corrected chi connectivity index (χ3v) is 4.42. The van der Waals surface area contributed by atoms with E-state index in [1.54, 1.807) is 0 Å². The molecular weight excluding hydrogens is 268 g/mol. The smallest absolute Gasteiger partial charge is 0.0952 e. The van der Waals surface area contributed by atoms with Crippen molar-refractivity contribution in [1.29, 1.82) is 0 Å². The van der Waals surface area contributed by atoms with Gasteiger partial charge in [0.25, 0.3) is 0 Å². The summed E-state index contributed by atoms with van der Waals surface area (Å²) in [5, 5.41) is 0. The monoisotopic (exact) mass is 290 g/mol. The van der Waals surface area contributed by atoms with Crippen LogP contribution in [0.4, 0.5) is 0 Å². The number of aromatic nitrogens is 2. The number of benzene rings is 2. The highest BCUT2D eigenvalue weighted by Gasteiger charge is 2.14.